The lowest BCUT2D eigenvalue weighted by Crippen LogP contribution is -2.57. The first-order valence-corrected chi connectivity index (χ1v) is 10.3. The Bertz CT molecular complexity index is 877. The molecule has 2 aromatic carbocycles. The molecule has 0 saturated carbocycles. The molecule has 4 nitrogen and oxygen atoms in total. The molecule has 1 N–H and O–H groups in total. The maximum atomic E-state index is 14.3. The number of likely N-dealkylation sites (tertiary alicyclic amines) is 1. The van der Waals surface area contributed by atoms with Crippen molar-refractivity contribution < 1.29 is 9.18 Å². The molecule has 2 heterocycles. The van der Waals surface area contributed by atoms with Crippen molar-refractivity contribution in [2.75, 3.05) is 24.7 Å². The first-order valence-electron chi connectivity index (χ1n) is 10.3. The molecule has 2 fully saturated rings. The van der Waals surface area contributed by atoms with Crippen LogP contribution in [0.4, 0.5) is 10.1 Å². The van der Waals surface area contributed by atoms with E-state index in [0.717, 1.165) is 62.0 Å². The molecule has 0 radical (unpaired) electrons. The van der Waals surface area contributed by atoms with Crippen LogP contribution in [0, 0.1) is 5.82 Å². The normalized spacial score (nSPS) is 24.2. The van der Waals surface area contributed by atoms with Crippen LogP contribution in [0.1, 0.15) is 42.9 Å². The van der Waals surface area contributed by atoms with Crippen LogP contribution in [0.2, 0.25) is 0 Å². The highest BCUT2D eigenvalue weighted by atomic mass is 19.1. The molecule has 2 aliphatic heterocycles. The number of para-hydroxylation sites is 1. The van der Waals surface area contributed by atoms with Crippen LogP contribution >= 0.6 is 0 Å². The number of amides is 1. The largest absolute Gasteiger partial charge is 0.339 e. The van der Waals surface area contributed by atoms with Gasteiger partial charge in [0.1, 0.15) is 11.4 Å². The number of hydrogen-bond acceptors (Lipinski definition) is 3. The first kappa shape index (κ1) is 17.7. The Kier molecular flexibility index (Phi) is 4.35. The van der Waals surface area contributed by atoms with E-state index >= 15 is 0 Å². The van der Waals surface area contributed by atoms with Crippen LogP contribution in [-0.4, -0.2) is 36.1 Å². The molecule has 0 bridgehead atoms. The Hall–Kier alpha value is -2.40. The molecule has 1 spiro atoms. The van der Waals surface area contributed by atoms with E-state index in [0.29, 0.717) is 6.67 Å². The van der Waals surface area contributed by atoms with Gasteiger partial charge in [0.25, 0.3) is 0 Å². The van der Waals surface area contributed by atoms with Crippen molar-refractivity contribution in [3.63, 3.8) is 0 Å². The summed E-state index contributed by atoms with van der Waals surface area (Å²) in [4.78, 5) is 17.5. The highest BCUT2D eigenvalue weighted by Gasteiger charge is 2.51. The highest BCUT2D eigenvalue weighted by Crippen LogP contribution is 2.41. The van der Waals surface area contributed by atoms with E-state index in [2.05, 4.69) is 33.3 Å². The zero-order valence-electron chi connectivity index (χ0n) is 16.0. The predicted molar refractivity (Wildman–Crippen MR) is 108 cm³/mol. The molecule has 0 aromatic heterocycles. The summed E-state index contributed by atoms with van der Waals surface area (Å²) in [6.45, 7) is 2.29. The van der Waals surface area contributed by atoms with E-state index in [9.17, 15) is 9.18 Å². The Labute approximate surface area is 165 Å². The van der Waals surface area contributed by atoms with Crippen LogP contribution in [0.25, 0.3) is 0 Å². The van der Waals surface area contributed by atoms with Gasteiger partial charge in [-0.15, -0.1) is 0 Å². The Balaban J connectivity index is 1.38. The number of rotatable bonds is 2. The number of anilines is 1. The van der Waals surface area contributed by atoms with Gasteiger partial charge in [-0.1, -0.05) is 30.3 Å². The third-order valence-corrected chi connectivity index (χ3v) is 6.89. The van der Waals surface area contributed by atoms with Crippen molar-refractivity contribution in [1.82, 2.24) is 10.2 Å². The average molecular weight is 379 g/mol. The Morgan fingerprint density at radius 1 is 1.04 bits per heavy atom. The first-order chi connectivity index (χ1) is 13.7. The maximum Gasteiger partial charge on any atom is 0.247 e. The number of nitrogens with one attached hydrogen (secondary N) is 1. The van der Waals surface area contributed by atoms with E-state index in [4.69, 9.17) is 0 Å². The van der Waals surface area contributed by atoms with Gasteiger partial charge in [-0.05, 0) is 61.4 Å². The average Bonchev–Trinajstić information content (AvgIpc) is 3.05. The molecule has 1 aliphatic carbocycles. The minimum Gasteiger partial charge on any atom is -0.339 e. The molecule has 1 atom stereocenters. The van der Waals surface area contributed by atoms with Crippen molar-refractivity contribution in [3.8, 4) is 0 Å². The van der Waals surface area contributed by atoms with Gasteiger partial charge in [0.15, 0.2) is 0 Å². The molecular weight excluding hydrogens is 353 g/mol. The topological polar surface area (TPSA) is 35.6 Å². The van der Waals surface area contributed by atoms with Gasteiger partial charge >= 0.3 is 0 Å². The molecule has 5 rings (SSSR count). The van der Waals surface area contributed by atoms with Crippen molar-refractivity contribution in [2.45, 2.75) is 43.7 Å². The standard InChI is InChI=1S/C23H26FN3O/c24-20-10-4-9-19-18(20)8-5-11-21(19)26-14-12-23(13-15-26)22(28)25-16-27(23)17-6-2-1-3-7-17/h1-4,6-7,9-10,21H,5,8,11-16H2,(H,25,28)/t21-/m1/s1. The summed E-state index contributed by atoms with van der Waals surface area (Å²) in [7, 11) is 0. The lowest BCUT2D eigenvalue weighted by atomic mass is 9.81. The van der Waals surface area contributed by atoms with Gasteiger partial charge in [0, 0.05) is 24.8 Å². The van der Waals surface area contributed by atoms with Crippen molar-refractivity contribution >= 4 is 11.6 Å². The van der Waals surface area contributed by atoms with E-state index in [-0.39, 0.29) is 17.8 Å². The fourth-order valence-corrected chi connectivity index (χ4v) is 5.40. The third kappa shape index (κ3) is 2.72. The molecule has 2 saturated heterocycles. The van der Waals surface area contributed by atoms with Crippen LogP contribution in [-0.2, 0) is 11.2 Å². The van der Waals surface area contributed by atoms with Crippen LogP contribution in [0.3, 0.4) is 0 Å². The van der Waals surface area contributed by atoms with Gasteiger partial charge in [0.05, 0.1) is 6.67 Å². The van der Waals surface area contributed by atoms with Gasteiger partial charge in [0.2, 0.25) is 5.91 Å². The number of hydrogen-bond donors (Lipinski definition) is 1. The molecule has 2 aromatic rings. The van der Waals surface area contributed by atoms with Crippen LogP contribution in [0.15, 0.2) is 48.5 Å². The van der Waals surface area contributed by atoms with Crippen LogP contribution in [0.5, 0.6) is 0 Å². The fourth-order valence-electron chi connectivity index (χ4n) is 5.40. The van der Waals surface area contributed by atoms with E-state index in [1.165, 1.54) is 0 Å². The lowest BCUT2D eigenvalue weighted by molar-refractivity contribution is -0.125. The smallest absolute Gasteiger partial charge is 0.247 e. The summed E-state index contributed by atoms with van der Waals surface area (Å²) < 4.78 is 14.3. The summed E-state index contributed by atoms with van der Waals surface area (Å²) in [6.07, 6.45) is 4.53. The minimum atomic E-state index is -0.461. The Morgan fingerprint density at radius 2 is 1.82 bits per heavy atom. The lowest BCUT2D eigenvalue weighted by Gasteiger charge is -2.46. The quantitative estimate of drug-likeness (QED) is 0.866. The van der Waals surface area contributed by atoms with Crippen molar-refractivity contribution in [1.29, 1.82) is 0 Å². The second-order valence-corrected chi connectivity index (χ2v) is 8.21. The number of nitrogens with zero attached hydrogens (tertiary/aromatic N) is 2. The van der Waals surface area contributed by atoms with Gasteiger partial charge < -0.3 is 10.2 Å². The number of piperidine rings is 1. The number of carbonyl (C=O) groups is 1. The summed E-state index contributed by atoms with van der Waals surface area (Å²) >= 11 is 0. The second-order valence-electron chi connectivity index (χ2n) is 8.21. The van der Waals surface area contributed by atoms with Crippen molar-refractivity contribution in [3.05, 3.63) is 65.5 Å². The van der Waals surface area contributed by atoms with E-state index in [1.54, 1.807) is 6.07 Å². The third-order valence-electron chi connectivity index (χ3n) is 6.89. The highest BCUT2D eigenvalue weighted by molar-refractivity contribution is 5.93. The zero-order valence-corrected chi connectivity index (χ0v) is 16.0. The molecule has 1 amide bonds. The van der Waals surface area contributed by atoms with E-state index < -0.39 is 5.54 Å². The predicted octanol–water partition coefficient (Wildman–Crippen LogP) is 3.63. The number of halogens is 1. The van der Waals surface area contributed by atoms with Crippen LogP contribution < -0.4 is 10.2 Å². The SMILES string of the molecule is O=C1NCN(c2ccccc2)C12CCN([C@@H]1CCCc3c(F)cccc31)CC2. The van der Waals surface area contributed by atoms with E-state index in [1.807, 2.05) is 24.3 Å². The van der Waals surface area contributed by atoms with Gasteiger partial charge in [-0.25, -0.2) is 4.39 Å². The fraction of sp³-hybridized carbons (Fsp3) is 0.435. The molecule has 146 valence electrons. The molecule has 28 heavy (non-hydrogen) atoms. The second kappa shape index (κ2) is 6.89. The number of fused-ring (bicyclic) bond motifs is 1. The monoisotopic (exact) mass is 379 g/mol. The summed E-state index contributed by atoms with van der Waals surface area (Å²) in [5.74, 6) is 0.0761. The number of carbonyl (C=O) groups excluding carboxylic acids is 1. The summed E-state index contributed by atoms with van der Waals surface area (Å²) in [5.41, 5.74) is 2.68. The maximum absolute atomic E-state index is 14.3. The van der Waals surface area contributed by atoms with Gasteiger partial charge in [-0.2, -0.15) is 0 Å². The van der Waals surface area contributed by atoms with Crippen molar-refractivity contribution in [2.24, 2.45) is 0 Å². The molecular formula is C23H26FN3O. The molecule has 3 aliphatic rings. The molecule has 5 heteroatoms. The summed E-state index contributed by atoms with van der Waals surface area (Å²) in [6, 6.07) is 16.0. The number of benzene rings is 2. The summed E-state index contributed by atoms with van der Waals surface area (Å²) in [5, 5.41) is 3.07. The zero-order chi connectivity index (χ0) is 19.1. The van der Waals surface area contributed by atoms with Gasteiger partial charge in [-0.3, -0.25) is 9.69 Å². The molecule has 0 unspecified atom stereocenters. The Morgan fingerprint density at radius 3 is 2.61 bits per heavy atom. The minimum absolute atomic E-state index is 0.0684.